The van der Waals surface area contributed by atoms with Crippen molar-refractivity contribution in [3.05, 3.63) is 64.7 Å². The first-order valence-corrected chi connectivity index (χ1v) is 8.31. The van der Waals surface area contributed by atoms with Gasteiger partial charge in [-0.15, -0.1) is 0 Å². The Morgan fingerprint density at radius 1 is 1.17 bits per heavy atom. The summed E-state index contributed by atoms with van der Waals surface area (Å²) in [6.45, 7) is 0.535. The highest BCUT2D eigenvalue weighted by Gasteiger charge is 2.07. The minimum absolute atomic E-state index is 0.137. The van der Waals surface area contributed by atoms with Gasteiger partial charge in [0.15, 0.2) is 5.11 Å². The first-order valence-electron chi connectivity index (χ1n) is 7.52. The van der Waals surface area contributed by atoms with Gasteiger partial charge in [0.25, 0.3) is 0 Å². The first kappa shape index (κ1) is 18.2. The van der Waals surface area contributed by atoms with Crippen LogP contribution in [0.5, 0.6) is 5.75 Å². The van der Waals surface area contributed by atoms with E-state index >= 15 is 0 Å². The second-order valence-corrected chi connectivity index (χ2v) is 5.99. The fourth-order valence-corrected chi connectivity index (χ4v) is 2.52. The molecule has 1 amide bonds. The van der Waals surface area contributed by atoms with Gasteiger partial charge in [-0.05, 0) is 48.0 Å². The number of hydrogen-bond donors (Lipinski definition) is 2. The third-order valence-corrected chi connectivity index (χ3v) is 4.06. The lowest BCUT2D eigenvalue weighted by atomic mass is 10.1. The molecule has 0 aliphatic carbocycles. The standard InChI is InChI=1S/C18H19ClN2O2S/c1-23-15-9-6-13(7-10-15)12-20-18(24)21-17(22)11-8-14-4-2-3-5-16(14)19/h2-7,9-10H,8,11-12H2,1H3,(H2,20,21,22,24). The zero-order chi connectivity index (χ0) is 17.4. The Labute approximate surface area is 152 Å². The summed E-state index contributed by atoms with van der Waals surface area (Å²) in [6.07, 6.45) is 0.903. The molecule has 0 saturated carbocycles. The van der Waals surface area contributed by atoms with E-state index in [1.807, 2.05) is 48.5 Å². The molecule has 2 rings (SSSR count). The van der Waals surface area contributed by atoms with E-state index in [1.54, 1.807) is 7.11 Å². The molecule has 2 aromatic rings. The summed E-state index contributed by atoms with van der Waals surface area (Å²) >= 11 is 11.2. The molecule has 4 nitrogen and oxygen atoms in total. The van der Waals surface area contributed by atoms with Crippen LogP contribution in [-0.2, 0) is 17.8 Å². The van der Waals surface area contributed by atoms with E-state index in [1.165, 1.54) is 0 Å². The van der Waals surface area contributed by atoms with Gasteiger partial charge in [-0.1, -0.05) is 41.9 Å². The molecule has 0 unspecified atom stereocenters. The lowest BCUT2D eigenvalue weighted by Crippen LogP contribution is -2.38. The van der Waals surface area contributed by atoms with Crippen molar-refractivity contribution in [2.45, 2.75) is 19.4 Å². The molecule has 0 bridgehead atoms. The maximum atomic E-state index is 11.9. The highest BCUT2D eigenvalue weighted by Crippen LogP contribution is 2.16. The SMILES string of the molecule is COc1ccc(CNC(=S)NC(=O)CCc2ccccc2Cl)cc1. The van der Waals surface area contributed by atoms with Crippen LogP contribution in [0.2, 0.25) is 5.02 Å². The molecule has 0 aromatic heterocycles. The summed E-state index contributed by atoms with van der Waals surface area (Å²) in [5, 5.41) is 6.67. The maximum Gasteiger partial charge on any atom is 0.226 e. The second kappa shape index (κ2) is 9.25. The smallest absolute Gasteiger partial charge is 0.226 e. The molecule has 6 heteroatoms. The number of ether oxygens (including phenoxy) is 1. The van der Waals surface area contributed by atoms with Crippen molar-refractivity contribution in [3.63, 3.8) is 0 Å². The number of methoxy groups -OCH3 is 1. The number of benzene rings is 2. The Bertz CT molecular complexity index is 704. The van der Waals surface area contributed by atoms with Crippen molar-refractivity contribution in [1.82, 2.24) is 10.6 Å². The average Bonchev–Trinajstić information content (AvgIpc) is 2.59. The molecule has 2 N–H and O–H groups in total. The van der Waals surface area contributed by atoms with E-state index < -0.39 is 0 Å². The van der Waals surface area contributed by atoms with Crippen molar-refractivity contribution in [3.8, 4) is 5.75 Å². The fourth-order valence-electron chi connectivity index (χ4n) is 2.11. The molecule has 0 aliphatic heterocycles. The van der Waals surface area contributed by atoms with Gasteiger partial charge in [-0.2, -0.15) is 0 Å². The lowest BCUT2D eigenvalue weighted by molar-refractivity contribution is -0.119. The Balaban J connectivity index is 1.73. The predicted octanol–water partition coefficient (Wildman–Crippen LogP) is 3.47. The van der Waals surface area contributed by atoms with Crippen molar-refractivity contribution in [2.24, 2.45) is 0 Å². The van der Waals surface area contributed by atoms with Gasteiger partial charge >= 0.3 is 0 Å². The number of amides is 1. The van der Waals surface area contributed by atoms with Crippen molar-refractivity contribution in [1.29, 1.82) is 0 Å². The number of carbonyl (C=O) groups is 1. The van der Waals surface area contributed by atoms with E-state index in [0.717, 1.165) is 16.9 Å². The van der Waals surface area contributed by atoms with Crippen LogP contribution in [0.3, 0.4) is 0 Å². The fraction of sp³-hybridized carbons (Fsp3) is 0.222. The monoisotopic (exact) mass is 362 g/mol. The Morgan fingerprint density at radius 3 is 2.54 bits per heavy atom. The summed E-state index contributed by atoms with van der Waals surface area (Å²) in [5.41, 5.74) is 2.00. The number of nitrogens with one attached hydrogen (secondary N) is 2. The third-order valence-electron chi connectivity index (χ3n) is 3.44. The van der Waals surface area contributed by atoms with Gasteiger partial charge in [0, 0.05) is 18.0 Å². The number of thiocarbonyl (C=S) groups is 1. The lowest BCUT2D eigenvalue weighted by Gasteiger charge is -2.10. The van der Waals surface area contributed by atoms with E-state index in [2.05, 4.69) is 10.6 Å². The third kappa shape index (κ3) is 5.83. The highest BCUT2D eigenvalue weighted by molar-refractivity contribution is 7.80. The van der Waals surface area contributed by atoms with Crippen LogP contribution in [0, 0.1) is 0 Å². The number of rotatable bonds is 6. The van der Waals surface area contributed by atoms with Crippen molar-refractivity contribution < 1.29 is 9.53 Å². The van der Waals surface area contributed by atoms with E-state index in [9.17, 15) is 4.79 Å². The van der Waals surface area contributed by atoms with E-state index in [4.69, 9.17) is 28.6 Å². The largest absolute Gasteiger partial charge is 0.497 e. The van der Waals surface area contributed by atoms with Gasteiger partial charge in [-0.25, -0.2) is 0 Å². The molecule has 24 heavy (non-hydrogen) atoms. The van der Waals surface area contributed by atoms with Crippen LogP contribution in [0.4, 0.5) is 0 Å². The normalized spacial score (nSPS) is 10.1. The van der Waals surface area contributed by atoms with Crippen molar-refractivity contribution in [2.75, 3.05) is 7.11 Å². The van der Waals surface area contributed by atoms with Crippen LogP contribution in [0.25, 0.3) is 0 Å². The summed E-state index contributed by atoms with van der Waals surface area (Å²) in [7, 11) is 1.63. The summed E-state index contributed by atoms with van der Waals surface area (Å²) in [6, 6.07) is 15.1. The zero-order valence-electron chi connectivity index (χ0n) is 13.3. The zero-order valence-corrected chi connectivity index (χ0v) is 14.9. The molecule has 0 saturated heterocycles. The average molecular weight is 363 g/mol. The number of carbonyl (C=O) groups excluding carboxylic acids is 1. The first-order chi connectivity index (χ1) is 11.6. The minimum Gasteiger partial charge on any atom is -0.497 e. The molecule has 0 atom stereocenters. The van der Waals surface area contributed by atoms with Crippen LogP contribution in [0.15, 0.2) is 48.5 Å². The Kier molecular flexibility index (Phi) is 7.03. The number of halogens is 1. The molecule has 0 heterocycles. The summed E-state index contributed by atoms with van der Waals surface area (Å²) in [4.78, 5) is 11.9. The summed E-state index contributed by atoms with van der Waals surface area (Å²) in [5.74, 6) is 0.663. The predicted molar refractivity (Wildman–Crippen MR) is 100 cm³/mol. The number of aryl methyl sites for hydroxylation is 1. The van der Waals surface area contributed by atoms with Gasteiger partial charge < -0.3 is 15.4 Å². The number of hydrogen-bond acceptors (Lipinski definition) is 3. The molecule has 126 valence electrons. The van der Waals surface area contributed by atoms with Crippen molar-refractivity contribution >= 4 is 34.8 Å². The molecule has 0 fully saturated rings. The van der Waals surface area contributed by atoms with Gasteiger partial charge in [0.2, 0.25) is 5.91 Å². The Hall–Kier alpha value is -2.11. The molecular formula is C18H19ClN2O2S. The maximum absolute atomic E-state index is 11.9. The molecule has 0 aliphatic rings. The topological polar surface area (TPSA) is 50.4 Å². The second-order valence-electron chi connectivity index (χ2n) is 5.17. The van der Waals surface area contributed by atoms with E-state index in [-0.39, 0.29) is 5.91 Å². The molecular weight excluding hydrogens is 344 g/mol. The van der Waals surface area contributed by atoms with Gasteiger partial charge in [-0.3, -0.25) is 4.79 Å². The van der Waals surface area contributed by atoms with Crippen LogP contribution < -0.4 is 15.4 Å². The van der Waals surface area contributed by atoms with Gasteiger partial charge in [0.05, 0.1) is 7.11 Å². The highest BCUT2D eigenvalue weighted by atomic mass is 35.5. The quantitative estimate of drug-likeness (QED) is 0.772. The van der Waals surface area contributed by atoms with Crippen LogP contribution in [-0.4, -0.2) is 18.1 Å². The van der Waals surface area contributed by atoms with E-state index in [0.29, 0.717) is 29.5 Å². The van der Waals surface area contributed by atoms with Crippen LogP contribution >= 0.6 is 23.8 Å². The Morgan fingerprint density at radius 2 is 1.88 bits per heavy atom. The minimum atomic E-state index is -0.137. The molecule has 2 aromatic carbocycles. The van der Waals surface area contributed by atoms with Crippen LogP contribution in [0.1, 0.15) is 17.5 Å². The summed E-state index contributed by atoms with van der Waals surface area (Å²) < 4.78 is 5.11. The molecule has 0 radical (unpaired) electrons. The van der Waals surface area contributed by atoms with Gasteiger partial charge in [0.1, 0.15) is 5.75 Å². The molecule has 0 spiro atoms.